The Morgan fingerprint density at radius 1 is 1.16 bits per heavy atom. The van der Waals surface area contributed by atoms with Crippen molar-refractivity contribution in [3.63, 3.8) is 0 Å². The number of benzene rings is 2. The van der Waals surface area contributed by atoms with Crippen molar-refractivity contribution < 1.29 is 17.7 Å². The van der Waals surface area contributed by atoms with Crippen LogP contribution in [0.25, 0.3) is 10.2 Å². The van der Waals surface area contributed by atoms with Crippen LogP contribution in [0.3, 0.4) is 0 Å². The predicted molar refractivity (Wildman–Crippen MR) is 104 cm³/mol. The fourth-order valence-corrected chi connectivity index (χ4v) is 4.36. The average Bonchev–Trinajstić information content (AvgIpc) is 2.96. The Morgan fingerprint density at radius 2 is 1.88 bits per heavy atom. The van der Waals surface area contributed by atoms with Crippen LogP contribution in [0.15, 0.2) is 45.6 Å². The summed E-state index contributed by atoms with van der Waals surface area (Å²) in [6.07, 6.45) is 2.04. The summed E-state index contributed by atoms with van der Waals surface area (Å²) in [4.78, 5) is 4.42. The summed E-state index contributed by atoms with van der Waals surface area (Å²) in [6, 6.07) is 10.7. The molecule has 0 aliphatic carbocycles. The minimum atomic E-state index is -4.05. The standard InChI is InChI=1S/C9H9NOS2.C8H10O3S/c1-11-6-3-4-8-7(5-6)10-9(12-2)13-8;1-6-3-4-8(7(2)5-6)12(9,10)11/h3-5H,1-2H3;3-5H,1-2H3,(H,9,10,11). The molecule has 3 rings (SSSR count). The third-order valence-corrected chi connectivity index (χ3v) is 6.39. The zero-order valence-corrected chi connectivity index (χ0v) is 16.8. The zero-order valence-electron chi connectivity index (χ0n) is 14.3. The van der Waals surface area contributed by atoms with Crippen LogP contribution < -0.4 is 4.74 Å². The second-order valence-electron chi connectivity index (χ2n) is 5.26. The molecular weight excluding hydrogens is 378 g/mol. The molecule has 0 bridgehead atoms. The van der Waals surface area contributed by atoms with Gasteiger partial charge in [0.25, 0.3) is 10.1 Å². The van der Waals surface area contributed by atoms with Crippen LogP contribution in [-0.4, -0.2) is 31.3 Å². The number of methoxy groups -OCH3 is 1. The van der Waals surface area contributed by atoms with Gasteiger partial charge in [0.05, 0.1) is 22.2 Å². The maximum Gasteiger partial charge on any atom is 0.294 e. The number of aryl methyl sites for hydroxylation is 2. The van der Waals surface area contributed by atoms with Crippen molar-refractivity contribution >= 4 is 43.4 Å². The second-order valence-corrected chi connectivity index (χ2v) is 8.74. The summed E-state index contributed by atoms with van der Waals surface area (Å²) in [5.74, 6) is 0.866. The van der Waals surface area contributed by atoms with E-state index in [0.29, 0.717) is 5.56 Å². The molecule has 0 aliphatic rings. The molecule has 0 amide bonds. The Balaban J connectivity index is 0.000000181. The highest BCUT2D eigenvalue weighted by Gasteiger charge is 2.11. The summed E-state index contributed by atoms with van der Waals surface area (Å²) >= 11 is 3.39. The van der Waals surface area contributed by atoms with Crippen LogP contribution in [0.2, 0.25) is 0 Å². The van der Waals surface area contributed by atoms with Crippen molar-refractivity contribution in [1.82, 2.24) is 4.98 Å². The molecule has 8 heteroatoms. The minimum Gasteiger partial charge on any atom is -0.497 e. The van der Waals surface area contributed by atoms with Crippen LogP contribution in [0.1, 0.15) is 11.1 Å². The molecule has 2 aromatic carbocycles. The lowest BCUT2D eigenvalue weighted by Crippen LogP contribution is -2.00. The molecule has 3 aromatic rings. The SMILES string of the molecule is COc1ccc2sc(SC)nc2c1.Cc1ccc(S(=O)(=O)O)c(C)c1. The van der Waals surface area contributed by atoms with Gasteiger partial charge < -0.3 is 4.74 Å². The molecule has 0 unspecified atom stereocenters. The second kappa shape index (κ2) is 8.18. The molecule has 1 aromatic heterocycles. The van der Waals surface area contributed by atoms with E-state index >= 15 is 0 Å². The van der Waals surface area contributed by atoms with Crippen molar-refractivity contribution in [2.24, 2.45) is 0 Å². The first kappa shape index (κ1) is 19.7. The molecule has 0 aliphatic heterocycles. The number of aromatic nitrogens is 1. The maximum absolute atomic E-state index is 10.7. The van der Waals surface area contributed by atoms with E-state index in [0.717, 1.165) is 21.2 Å². The van der Waals surface area contributed by atoms with Gasteiger partial charge in [-0.2, -0.15) is 8.42 Å². The molecule has 25 heavy (non-hydrogen) atoms. The molecule has 0 radical (unpaired) electrons. The quantitative estimate of drug-likeness (QED) is 0.515. The Labute approximate surface area is 155 Å². The van der Waals surface area contributed by atoms with Gasteiger partial charge in [-0.25, -0.2) is 4.98 Å². The molecule has 0 saturated carbocycles. The third-order valence-electron chi connectivity index (χ3n) is 3.36. The molecule has 0 saturated heterocycles. The smallest absolute Gasteiger partial charge is 0.294 e. The van der Waals surface area contributed by atoms with E-state index in [4.69, 9.17) is 9.29 Å². The van der Waals surface area contributed by atoms with Gasteiger partial charge in [-0.1, -0.05) is 29.5 Å². The zero-order chi connectivity index (χ0) is 18.6. The first-order valence-electron chi connectivity index (χ1n) is 7.28. The number of hydrogen-bond donors (Lipinski definition) is 1. The molecule has 0 atom stereocenters. The maximum atomic E-state index is 10.7. The third kappa shape index (κ3) is 5.18. The number of rotatable bonds is 3. The van der Waals surface area contributed by atoms with Crippen LogP contribution in [-0.2, 0) is 10.1 Å². The Hall–Kier alpha value is -1.61. The van der Waals surface area contributed by atoms with Gasteiger partial charge in [0, 0.05) is 6.07 Å². The fraction of sp³-hybridized carbons (Fsp3) is 0.235. The normalized spacial score (nSPS) is 11.1. The highest BCUT2D eigenvalue weighted by molar-refractivity contribution is 8.00. The van der Waals surface area contributed by atoms with Gasteiger partial charge in [0.2, 0.25) is 0 Å². The van der Waals surface area contributed by atoms with E-state index in [-0.39, 0.29) is 4.90 Å². The lowest BCUT2D eigenvalue weighted by molar-refractivity contribution is 0.415. The molecule has 5 nitrogen and oxygen atoms in total. The predicted octanol–water partition coefficient (Wildman–Crippen LogP) is 4.58. The molecule has 0 fully saturated rings. The van der Waals surface area contributed by atoms with Crippen LogP contribution >= 0.6 is 23.1 Å². The van der Waals surface area contributed by atoms with Gasteiger partial charge in [-0.05, 0) is 43.9 Å². The topological polar surface area (TPSA) is 76.5 Å². The van der Waals surface area contributed by atoms with E-state index in [1.807, 2.05) is 31.4 Å². The van der Waals surface area contributed by atoms with E-state index in [9.17, 15) is 8.42 Å². The molecule has 1 N–H and O–H groups in total. The van der Waals surface area contributed by atoms with E-state index in [2.05, 4.69) is 4.98 Å². The van der Waals surface area contributed by atoms with E-state index < -0.39 is 10.1 Å². The lowest BCUT2D eigenvalue weighted by atomic mass is 10.2. The van der Waals surface area contributed by atoms with Gasteiger partial charge in [0.1, 0.15) is 5.75 Å². The van der Waals surface area contributed by atoms with Crippen molar-refractivity contribution in [3.8, 4) is 5.75 Å². The number of hydrogen-bond acceptors (Lipinski definition) is 6. The number of fused-ring (bicyclic) bond motifs is 1. The summed E-state index contributed by atoms with van der Waals surface area (Å²) in [5.41, 5.74) is 2.56. The minimum absolute atomic E-state index is 0.0203. The number of ether oxygens (including phenoxy) is 1. The average molecular weight is 398 g/mol. The first-order valence-corrected chi connectivity index (χ1v) is 10.8. The Bertz CT molecular complexity index is 979. The van der Waals surface area contributed by atoms with Gasteiger partial charge in [0.15, 0.2) is 4.34 Å². The van der Waals surface area contributed by atoms with Gasteiger partial charge >= 0.3 is 0 Å². The Morgan fingerprint density at radius 3 is 2.44 bits per heavy atom. The van der Waals surface area contributed by atoms with Crippen molar-refractivity contribution in [2.45, 2.75) is 23.1 Å². The summed E-state index contributed by atoms with van der Waals surface area (Å²) in [7, 11) is -2.38. The summed E-state index contributed by atoms with van der Waals surface area (Å²) < 4.78 is 37.6. The van der Waals surface area contributed by atoms with Crippen molar-refractivity contribution in [1.29, 1.82) is 0 Å². The molecule has 134 valence electrons. The monoisotopic (exact) mass is 397 g/mol. The van der Waals surface area contributed by atoms with Crippen molar-refractivity contribution in [3.05, 3.63) is 47.5 Å². The summed E-state index contributed by atoms with van der Waals surface area (Å²) in [6.45, 7) is 3.51. The highest BCUT2D eigenvalue weighted by Crippen LogP contribution is 2.30. The van der Waals surface area contributed by atoms with Crippen LogP contribution in [0.4, 0.5) is 0 Å². The van der Waals surface area contributed by atoms with Gasteiger partial charge in [-0.15, -0.1) is 11.3 Å². The number of nitrogens with zero attached hydrogens (tertiary/aromatic N) is 1. The fourth-order valence-electron chi connectivity index (χ4n) is 2.19. The first-order chi connectivity index (χ1) is 11.7. The largest absolute Gasteiger partial charge is 0.497 e. The molecule has 0 spiro atoms. The van der Waals surface area contributed by atoms with Crippen molar-refractivity contribution in [2.75, 3.05) is 13.4 Å². The number of thiazole rings is 1. The Kier molecular flexibility index (Phi) is 6.45. The van der Waals surface area contributed by atoms with E-state index in [1.165, 1.54) is 10.8 Å². The van der Waals surface area contributed by atoms with Crippen LogP contribution in [0, 0.1) is 13.8 Å². The number of thioether (sulfide) groups is 1. The van der Waals surface area contributed by atoms with Crippen LogP contribution in [0.5, 0.6) is 5.75 Å². The van der Waals surface area contributed by atoms with Gasteiger partial charge in [-0.3, -0.25) is 4.55 Å². The molecule has 1 heterocycles. The van der Waals surface area contributed by atoms with E-state index in [1.54, 1.807) is 49.3 Å². The lowest BCUT2D eigenvalue weighted by Gasteiger charge is -2.02. The summed E-state index contributed by atoms with van der Waals surface area (Å²) in [5, 5.41) is 0. The highest BCUT2D eigenvalue weighted by atomic mass is 32.2. The molecular formula is C17H19NO4S3.